The van der Waals surface area contributed by atoms with Gasteiger partial charge in [-0.25, -0.2) is 4.79 Å². The Bertz CT molecular complexity index is 821. The number of methoxy groups -OCH3 is 2. The lowest BCUT2D eigenvalue weighted by Gasteiger charge is -2.45. The Hall–Kier alpha value is -2.34. The van der Waals surface area contributed by atoms with Crippen molar-refractivity contribution >= 4 is 17.6 Å². The van der Waals surface area contributed by atoms with E-state index in [1.165, 1.54) is 13.4 Å². The Morgan fingerprint density at radius 3 is 2.86 bits per heavy atom. The number of nitrogens with one attached hydrogen (secondary N) is 1. The number of para-hydroxylation sites is 1. The third-order valence-corrected chi connectivity index (χ3v) is 6.97. The van der Waals surface area contributed by atoms with Crippen molar-refractivity contribution in [2.45, 2.75) is 37.6 Å². The van der Waals surface area contributed by atoms with Gasteiger partial charge in [0.15, 0.2) is 0 Å². The molecule has 2 saturated heterocycles. The van der Waals surface area contributed by atoms with E-state index in [9.17, 15) is 9.59 Å². The Labute approximate surface area is 165 Å². The van der Waals surface area contributed by atoms with Crippen LogP contribution in [0.2, 0.25) is 0 Å². The summed E-state index contributed by atoms with van der Waals surface area (Å²) < 4.78 is 10.3. The monoisotopic (exact) mass is 384 g/mol. The molecule has 1 spiro atoms. The predicted octanol–water partition coefficient (Wildman–Crippen LogP) is 2.70. The van der Waals surface area contributed by atoms with E-state index in [0.29, 0.717) is 11.5 Å². The number of hydrogen-bond acceptors (Lipinski definition) is 5. The van der Waals surface area contributed by atoms with Gasteiger partial charge in [-0.3, -0.25) is 9.69 Å². The van der Waals surface area contributed by atoms with Crippen molar-refractivity contribution in [1.29, 1.82) is 0 Å². The Morgan fingerprint density at radius 2 is 2.14 bits per heavy atom. The van der Waals surface area contributed by atoms with Crippen LogP contribution in [0.4, 0.5) is 5.69 Å². The van der Waals surface area contributed by atoms with E-state index in [1.807, 2.05) is 18.2 Å². The highest BCUT2D eigenvalue weighted by Gasteiger charge is 2.60. The van der Waals surface area contributed by atoms with Gasteiger partial charge in [0.05, 0.1) is 31.5 Å². The molecule has 1 aromatic rings. The van der Waals surface area contributed by atoms with Gasteiger partial charge in [0, 0.05) is 18.3 Å². The minimum absolute atomic E-state index is 0.00851. The van der Waals surface area contributed by atoms with E-state index >= 15 is 0 Å². The normalized spacial score (nSPS) is 32.0. The van der Waals surface area contributed by atoms with Gasteiger partial charge in [0.1, 0.15) is 0 Å². The molecule has 4 atom stereocenters. The predicted molar refractivity (Wildman–Crippen MR) is 106 cm³/mol. The molecule has 6 nitrogen and oxygen atoms in total. The molecule has 0 aliphatic carbocycles. The molecule has 28 heavy (non-hydrogen) atoms. The molecule has 2 unspecified atom stereocenters. The van der Waals surface area contributed by atoms with E-state index in [0.717, 1.165) is 43.6 Å². The second-order valence-corrected chi connectivity index (χ2v) is 8.04. The second kappa shape index (κ2) is 7.24. The third-order valence-electron chi connectivity index (χ3n) is 6.97. The highest BCUT2D eigenvalue weighted by atomic mass is 16.5. The topological polar surface area (TPSA) is 67.9 Å². The molecule has 1 aromatic carbocycles. The molecule has 4 rings (SSSR count). The molecule has 0 bridgehead atoms. The van der Waals surface area contributed by atoms with Crippen LogP contribution in [0.25, 0.3) is 0 Å². The molecule has 1 N–H and O–H groups in total. The fourth-order valence-corrected chi connectivity index (χ4v) is 5.63. The number of benzene rings is 1. The standard InChI is InChI=1S/C22H28N2O4/c1-4-14-12-24-10-9-22(17-7-5-6-8-18(17)23-21(22)26)19(24)11-15(14)16(13-27-2)20(25)28-3/h5-8,13-15,19H,4,9-12H2,1-3H3,(H,23,26)/t14-,15-,19?,22?/m0/s1. The molecule has 0 saturated carbocycles. The quantitative estimate of drug-likeness (QED) is 0.491. The summed E-state index contributed by atoms with van der Waals surface area (Å²) in [6, 6.07) is 8.07. The van der Waals surface area contributed by atoms with Gasteiger partial charge in [0.25, 0.3) is 0 Å². The van der Waals surface area contributed by atoms with Crippen molar-refractivity contribution in [1.82, 2.24) is 4.90 Å². The largest absolute Gasteiger partial charge is 0.504 e. The molecule has 2 fully saturated rings. The Morgan fingerprint density at radius 1 is 1.36 bits per heavy atom. The van der Waals surface area contributed by atoms with Crippen LogP contribution in [0.3, 0.4) is 0 Å². The average Bonchev–Trinajstić information content (AvgIpc) is 3.23. The van der Waals surface area contributed by atoms with Gasteiger partial charge < -0.3 is 14.8 Å². The number of anilines is 1. The van der Waals surface area contributed by atoms with E-state index in [1.54, 1.807) is 7.11 Å². The number of amides is 1. The maximum atomic E-state index is 13.2. The van der Waals surface area contributed by atoms with Crippen LogP contribution < -0.4 is 5.32 Å². The van der Waals surface area contributed by atoms with Crippen molar-refractivity contribution in [3.05, 3.63) is 41.7 Å². The van der Waals surface area contributed by atoms with Crippen LogP contribution in [0.1, 0.15) is 31.7 Å². The van der Waals surface area contributed by atoms with Crippen LogP contribution >= 0.6 is 0 Å². The lowest BCUT2D eigenvalue weighted by Crippen LogP contribution is -2.53. The fourth-order valence-electron chi connectivity index (χ4n) is 5.63. The molecule has 3 aliphatic rings. The lowest BCUT2D eigenvalue weighted by molar-refractivity contribution is -0.137. The van der Waals surface area contributed by atoms with E-state index in [2.05, 4.69) is 23.2 Å². The summed E-state index contributed by atoms with van der Waals surface area (Å²) in [5.41, 5.74) is 2.05. The molecular formula is C22H28N2O4. The SMILES string of the molecule is CC[C@H]1CN2CCC3(C(=O)Nc4ccccc43)C2C[C@@H]1C(=COC)C(=O)OC. The maximum Gasteiger partial charge on any atom is 0.337 e. The first-order valence-corrected chi connectivity index (χ1v) is 10.0. The highest BCUT2D eigenvalue weighted by Crippen LogP contribution is 2.53. The lowest BCUT2D eigenvalue weighted by atomic mass is 9.67. The zero-order valence-corrected chi connectivity index (χ0v) is 16.7. The van der Waals surface area contributed by atoms with E-state index < -0.39 is 5.41 Å². The number of carbonyl (C=O) groups is 2. The highest BCUT2D eigenvalue weighted by molar-refractivity contribution is 6.07. The van der Waals surface area contributed by atoms with Gasteiger partial charge in [-0.05, 0) is 42.9 Å². The molecule has 3 aliphatic heterocycles. The fraction of sp³-hybridized carbons (Fsp3) is 0.545. The van der Waals surface area contributed by atoms with Crippen LogP contribution in [0.5, 0.6) is 0 Å². The van der Waals surface area contributed by atoms with Gasteiger partial charge >= 0.3 is 5.97 Å². The summed E-state index contributed by atoms with van der Waals surface area (Å²) in [7, 11) is 2.95. The first-order chi connectivity index (χ1) is 13.6. The first kappa shape index (κ1) is 19.0. The summed E-state index contributed by atoms with van der Waals surface area (Å²) in [4.78, 5) is 28.1. The van der Waals surface area contributed by atoms with Crippen LogP contribution in [-0.2, 0) is 24.5 Å². The third kappa shape index (κ3) is 2.65. The number of carbonyl (C=O) groups excluding carboxylic acids is 2. The number of rotatable bonds is 4. The number of nitrogens with zero attached hydrogens (tertiary/aromatic N) is 1. The minimum atomic E-state index is -0.540. The number of ether oxygens (including phenoxy) is 2. The average molecular weight is 384 g/mol. The van der Waals surface area contributed by atoms with Crippen molar-refractivity contribution < 1.29 is 19.1 Å². The first-order valence-electron chi connectivity index (χ1n) is 10.0. The van der Waals surface area contributed by atoms with E-state index in [4.69, 9.17) is 9.47 Å². The summed E-state index contributed by atoms with van der Waals surface area (Å²) in [6.07, 6.45) is 4.04. The minimum Gasteiger partial charge on any atom is -0.504 e. The maximum absolute atomic E-state index is 13.2. The Balaban J connectivity index is 1.74. The number of hydrogen-bond donors (Lipinski definition) is 1. The van der Waals surface area contributed by atoms with Gasteiger partial charge in [-0.15, -0.1) is 0 Å². The van der Waals surface area contributed by atoms with Gasteiger partial charge in [-0.2, -0.15) is 0 Å². The number of piperidine rings is 1. The summed E-state index contributed by atoms with van der Waals surface area (Å²) in [5.74, 6) is 0.0769. The van der Waals surface area contributed by atoms with Crippen LogP contribution in [-0.4, -0.2) is 50.1 Å². The van der Waals surface area contributed by atoms with Gasteiger partial charge in [-0.1, -0.05) is 31.5 Å². The smallest absolute Gasteiger partial charge is 0.337 e. The zero-order chi connectivity index (χ0) is 19.9. The number of fused-ring (bicyclic) bond motifs is 4. The summed E-state index contributed by atoms with van der Waals surface area (Å²) in [6.45, 7) is 3.93. The van der Waals surface area contributed by atoms with Crippen molar-refractivity contribution in [2.24, 2.45) is 11.8 Å². The summed E-state index contributed by atoms with van der Waals surface area (Å²) in [5, 5.41) is 3.10. The molecule has 3 heterocycles. The Kier molecular flexibility index (Phi) is 4.91. The van der Waals surface area contributed by atoms with Crippen LogP contribution in [0.15, 0.2) is 36.1 Å². The van der Waals surface area contributed by atoms with Crippen LogP contribution in [0, 0.1) is 11.8 Å². The second-order valence-electron chi connectivity index (χ2n) is 8.04. The molecule has 0 radical (unpaired) electrons. The van der Waals surface area contributed by atoms with Crippen molar-refractivity contribution in [3.8, 4) is 0 Å². The van der Waals surface area contributed by atoms with Crippen molar-refractivity contribution in [3.63, 3.8) is 0 Å². The molecule has 1 amide bonds. The van der Waals surface area contributed by atoms with Gasteiger partial charge in [0.2, 0.25) is 5.91 Å². The zero-order valence-electron chi connectivity index (χ0n) is 16.7. The molecule has 0 aromatic heterocycles. The van der Waals surface area contributed by atoms with Crippen molar-refractivity contribution in [2.75, 3.05) is 32.6 Å². The molecular weight excluding hydrogens is 356 g/mol. The number of esters is 1. The molecule has 150 valence electrons. The van der Waals surface area contributed by atoms with E-state index in [-0.39, 0.29) is 23.8 Å². The molecule has 6 heteroatoms. The summed E-state index contributed by atoms with van der Waals surface area (Å²) >= 11 is 0.